The maximum Gasteiger partial charge on any atom is 0.250 e. The van der Waals surface area contributed by atoms with Gasteiger partial charge in [0.15, 0.2) is 4.34 Å². The van der Waals surface area contributed by atoms with Crippen LogP contribution in [0.15, 0.2) is 51.9 Å². The number of ether oxygens (including phenoxy) is 1. The van der Waals surface area contributed by atoms with Crippen molar-refractivity contribution in [1.82, 2.24) is 15.6 Å². The molecule has 0 saturated carbocycles. The van der Waals surface area contributed by atoms with Crippen molar-refractivity contribution in [3.05, 3.63) is 63.6 Å². The average molecular weight is 468 g/mol. The summed E-state index contributed by atoms with van der Waals surface area (Å²) >= 11 is 14.5. The van der Waals surface area contributed by atoms with Gasteiger partial charge >= 0.3 is 0 Å². The highest BCUT2D eigenvalue weighted by Crippen LogP contribution is 2.23. The summed E-state index contributed by atoms with van der Waals surface area (Å²) in [6, 6.07) is 12.5. The van der Waals surface area contributed by atoms with Crippen molar-refractivity contribution < 1.29 is 9.53 Å². The largest absolute Gasteiger partial charge is 0.489 e. The van der Waals surface area contributed by atoms with E-state index >= 15 is 0 Å². The first-order chi connectivity index (χ1) is 14.0. The summed E-state index contributed by atoms with van der Waals surface area (Å²) in [5, 5.41) is 13.0. The van der Waals surface area contributed by atoms with Crippen LogP contribution in [-0.2, 0) is 11.4 Å². The molecule has 0 radical (unpaired) electrons. The third-order valence-electron chi connectivity index (χ3n) is 3.44. The Bertz CT molecular complexity index is 1010. The number of aromatic nitrogens is 2. The quantitative estimate of drug-likeness (QED) is 0.291. The zero-order valence-corrected chi connectivity index (χ0v) is 18.0. The van der Waals surface area contributed by atoms with E-state index in [1.807, 2.05) is 30.3 Å². The van der Waals surface area contributed by atoms with E-state index in [1.165, 1.54) is 23.1 Å². The average Bonchev–Trinajstić information content (AvgIpc) is 3.12. The molecule has 7 nitrogen and oxygen atoms in total. The molecule has 0 unspecified atom stereocenters. The molecule has 0 saturated heterocycles. The predicted molar refractivity (Wildman–Crippen MR) is 118 cm³/mol. The third-order valence-corrected chi connectivity index (χ3v) is 5.91. The molecule has 0 aliphatic heterocycles. The summed E-state index contributed by atoms with van der Waals surface area (Å²) in [4.78, 5) is 11.8. The Morgan fingerprint density at radius 2 is 2.03 bits per heavy atom. The Hall–Kier alpha value is -2.33. The number of nitrogen functional groups attached to an aromatic ring is 1. The van der Waals surface area contributed by atoms with Crippen LogP contribution in [0.4, 0.5) is 5.13 Å². The molecule has 3 aromatic rings. The maximum absolute atomic E-state index is 11.8. The number of amides is 1. The fourth-order valence-corrected chi connectivity index (χ4v) is 3.96. The van der Waals surface area contributed by atoms with E-state index in [2.05, 4.69) is 20.7 Å². The number of rotatable bonds is 8. The van der Waals surface area contributed by atoms with Crippen LogP contribution in [0, 0.1) is 0 Å². The first-order valence-corrected chi connectivity index (χ1v) is 10.8. The summed E-state index contributed by atoms with van der Waals surface area (Å²) in [6.45, 7) is 0.331. The molecule has 0 spiro atoms. The van der Waals surface area contributed by atoms with Crippen molar-refractivity contribution in [3.63, 3.8) is 0 Å². The van der Waals surface area contributed by atoms with Crippen LogP contribution < -0.4 is 15.9 Å². The van der Waals surface area contributed by atoms with Crippen molar-refractivity contribution in [1.29, 1.82) is 0 Å². The lowest BCUT2D eigenvalue weighted by Crippen LogP contribution is -2.19. The zero-order chi connectivity index (χ0) is 20.6. The third kappa shape index (κ3) is 6.90. The van der Waals surface area contributed by atoms with E-state index in [-0.39, 0.29) is 11.7 Å². The highest BCUT2D eigenvalue weighted by molar-refractivity contribution is 8.01. The molecule has 11 heteroatoms. The summed E-state index contributed by atoms with van der Waals surface area (Å²) < 4.78 is 6.36. The van der Waals surface area contributed by atoms with Crippen molar-refractivity contribution in [2.24, 2.45) is 5.10 Å². The van der Waals surface area contributed by atoms with Crippen LogP contribution in [0.2, 0.25) is 10.0 Å². The molecule has 0 bridgehead atoms. The number of benzene rings is 2. The number of halogens is 2. The number of nitrogens with zero attached hydrogens (tertiary/aromatic N) is 3. The second kappa shape index (κ2) is 10.4. The van der Waals surface area contributed by atoms with Crippen LogP contribution in [-0.4, -0.2) is 28.1 Å². The summed E-state index contributed by atoms with van der Waals surface area (Å²) in [7, 11) is 0. The maximum atomic E-state index is 11.8. The molecule has 0 fully saturated rings. The van der Waals surface area contributed by atoms with Crippen LogP contribution >= 0.6 is 46.3 Å². The normalized spacial score (nSPS) is 11.0. The van der Waals surface area contributed by atoms with Crippen molar-refractivity contribution in [3.8, 4) is 5.75 Å². The second-order valence-electron chi connectivity index (χ2n) is 5.58. The van der Waals surface area contributed by atoms with E-state index in [0.29, 0.717) is 31.9 Å². The topological polar surface area (TPSA) is 102 Å². The molecule has 0 atom stereocenters. The van der Waals surface area contributed by atoms with Crippen molar-refractivity contribution in [2.75, 3.05) is 11.5 Å². The molecule has 3 N–H and O–H groups in total. The SMILES string of the molecule is Nc1nnc(SCC(=O)NN=Cc2ccc(OCc3ccc(Cl)cc3Cl)cc2)s1. The molecular weight excluding hydrogens is 453 g/mol. The van der Waals surface area contributed by atoms with Crippen LogP contribution in [0.1, 0.15) is 11.1 Å². The van der Waals surface area contributed by atoms with Gasteiger partial charge in [-0.3, -0.25) is 4.79 Å². The highest BCUT2D eigenvalue weighted by Gasteiger charge is 2.06. The molecule has 3 rings (SSSR count). The van der Waals surface area contributed by atoms with Crippen molar-refractivity contribution in [2.45, 2.75) is 10.9 Å². The number of anilines is 1. The van der Waals surface area contributed by atoms with Gasteiger partial charge in [0.05, 0.1) is 12.0 Å². The Labute approximate surface area is 185 Å². The number of thioether (sulfide) groups is 1. The number of hydrogen-bond acceptors (Lipinski definition) is 8. The molecule has 29 heavy (non-hydrogen) atoms. The number of nitrogens with two attached hydrogens (primary N) is 1. The second-order valence-corrected chi connectivity index (χ2v) is 8.66. The number of hydrazone groups is 1. The fraction of sp³-hybridized carbons (Fsp3) is 0.111. The number of carbonyl (C=O) groups is 1. The molecular formula is C18H15Cl2N5O2S2. The Morgan fingerprint density at radius 3 is 2.72 bits per heavy atom. The lowest BCUT2D eigenvalue weighted by atomic mass is 10.2. The molecule has 1 heterocycles. The number of nitrogens with one attached hydrogen (secondary N) is 1. The zero-order valence-electron chi connectivity index (χ0n) is 14.8. The van der Waals surface area contributed by atoms with Crippen molar-refractivity contribution >= 4 is 63.6 Å². The van der Waals surface area contributed by atoms with E-state index in [1.54, 1.807) is 18.3 Å². The Balaban J connectivity index is 1.44. The molecule has 2 aromatic carbocycles. The van der Waals surface area contributed by atoms with Crippen LogP contribution in [0.25, 0.3) is 0 Å². The Kier molecular flexibility index (Phi) is 7.70. The molecule has 150 valence electrons. The smallest absolute Gasteiger partial charge is 0.250 e. The first-order valence-electron chi connectivity index (χ1n) is 8.20. The van der Waals surface area contributed by atoms with Gasteiger partial charge in [0.2, 0.25) is 5.13 Å². The van der Waals surface area contributed by atoms with E-state index in [9.17, 15) is 4.79 Å². The predicted octanol–water partition coefficient (Wildman–Crippen LogP) is 4.25. The lowest BCUT2D eigenvalue weighted by molar-refractivity contribution is -0.118. The van der Waals surface area contributed by atoms with Crippen LogP contribution in [0.3, 0.4) is 0 Å². The van der Waals surface area contributed by atoms with Gasteiger partial charge in [0.1, 0.15) is 12.4 Å². The fourth-order valence-electron chi connectivity index (χ4n) is 2.07. The Morgan fingerprint density at radius 1 is 1.24 bits per heavy atom. The van der Waals surface area contributed by atoms with Gasteiger partial charge in [-0.05, 0) is 42.0 Å². The highest BCUT2D eigenvalue weighted by atomic mass is 35.5. The minimum atomic E-state index is -0.250. The number of carbonyl (C=O) groups excluding carboxylic acids is 1. The minimum absolute atomic E-state index is 0.173. The van der Waals surface area contributed by atoms with E-state index in [4.69, 9.17) is 33.7 Å². The summed E-state index contributed by atoms with van der Waals surface area (Å²) in [5.41, 5.74) is 9.60. The monoisotopic (exact) mass is 467 g/mol. The summed E-state index contributed by atoms with van der Waals surface area (Å²) in [5.74, 6) is 0.608. The van der Waals surface area contributed by atoms with Gasteiger partial charge in [0, 0.05) is 15.6 Å². The molecule has 1 amide bonds. The van der Waals surface area contributed by atoms with E-state index in [0.717, 1.165) is 11.1 Å². The lowest BCUT2D eigenvalue weighted by Gasteiger charge is -2.08. The molecule has 0 aliphatic rings. The minimum Gasteiger partial charge on any atom is -0.489 e. The van der Waals surface area contributed by atoms with E-state index < -0.39 is 0 Å². The van der Waals surface area contributed by atoms with Gasteiger partial charge in [-0.1, -0.05) is 52.4 Å². The molecule has 0 aliphatic carbocycles. The first kappa shape index (κ1) is 21.4. The van der Waals surface area contributed by atoms with Gasteiger partial charge < -0.3 is 10.5 Å². The standard InChI is InChI=1S/C18H15Cl2N5O2S2/c19-13-4-3-12(15(20)7-13)9-27-14-5-1-11(2-6-14)8-22-23-16(26)10-28-18-25-24-17(21)29-18/h1-8H,9-10H2,(H2,21,24)(H,23,26). The van der Waals surface area contributed by atoms with Crippen LogP contribution in [0.5, 0.6) is 5.75 Å². The van der Waals surface area contributed by atoms with Gasteiger partial charge in [-0.2, -0.15) is 5.10 Å². The summed E-state index contributed by atoms with van der Waals surface area (Å²) in [6.07, 6.45) is 1.55. The van der Waals surface area contributed by atoms with Gasteiger partial charge in [0.25, 0.3) is 5.91 Å². The number of hydrogen-bond donors (Lipinski definition) is 2. The molecule has 1 aromatic heterocycles. The van der Waals surface area contributed by atoms with Gasteiger partial charge in [-0.25, -0.2) is 5.43 Å². The van der Waals surface area contributed by atoms with Gasteiger partial charge in [-0.15, -0.1) is 10.2 Å².